The summed E-state index contributed by atoms with van der Waals surface area (Å²) in [4.78, 5) is 22.0. The first-order chi connectivity index (χ1) is 14.0. The zero-order valence-electron chi connectivity index (χ0n) is 16.6. The molecule has 0 bridgehead atoms. The monoisotopic (exact) mass is 406 g/mol. The maximum atomic E-state index is 12.1. The molecule has 29 heavy (non-hydrogen) atoms. The van der Waals surface area contributed by atoms with Gasteiger partial charge in [-0.2, -0.15) is 5.10 Å². The van der Waals surface area contributed by atoms with E-state index in [9.17, 15) is 4.79 Å². The van der Waals surface area contributed by atoms with Crippen LogP contribution in [0.2, 0.25) is 0 Å². The minimum absolute atomic E-state index is 0.0609. The first-order valence-corrected chi connectivity index (χ1v) is 10.3. The van der Waals surface area contributed by atoms with Gasteiger partial charge in [-0.15, -0.1) is 11.3 Å². The standard InChI is InChI=1S/C21H22N6OS/c1-13-6-4-7-16(12-13)27-20-18(14(2)26-27)19(24-15(3)25-20)22-9-10-23-21(28)17-8-5-11-29-17/h4-8,11-12H,9-10H2,1-3H3,(H,23,28)(H,22,24,25). The van der Waals surface area contributed by atoms with Crippen molar-refractivity contribution in [1.82, 2.24) is 25.1 Å². The topological polar surface area (TPSA) is 84.7 Å². The SMILES string of the molecule is Cc1cccc(-n2nc(C)c3c(NCCNC(=O)c4cccs4)nc(C)nc32)c1. The molecule has 0 unspecified atom stereocenters. The lowest BCUT2D eigenvalue weighted by Crippen LogP contribution is -2.28. The van der Waals surface area contributed by atoms with Gasteiger partial charge in [-0.1, -0.05) is 18.2 Å². The highest BCUT2D eigenvalue weighted by Crippen LogP contribution is 2.26. The molecular formula is C21H22N6OS. The first kappa shape index (κ1) is 19.1. The van der Waals surface area contributed by atoms with E-state index >= 15 is 0 Å². The number of nitrogens with zero attached hydrogens (tertiary/aromatic N) is 4. The van der Waals surface area contributed by atoms with Gasteiger partial charge in [0, 0.05) is 13.1 Å². The third kappa shape index (κ3) is 3.97. The second-order valence-electron chi connectivity index (χ2n) is 6.81. The van der Waals surface area contributed by atoms with Crippen molar-refractivity contribution < 1.29 is 4.79 Å². The van der Waals surface area contributed by atoms with Crippen LogP contribution in [0.25, 0.3) is 16.7 Å². The summed E-state index contributed by atoms with van der Waals surface area (Å²) < 4.78 is 1.86. The number of rotatable bonds is 6. The normalized spacial score (nSPS) is 11.0. The average molecular weight is 407 g/mol. The smallest absolute Gasteiger partial charge is 0.261 e. The molecule has 0 saturated heterocycles. The van der Waals surface area contributed by atoms with Crippen molar-refractivity contribution in [2.45, 2.75) is 20.8 Å². The molecular weight excluding hydrogens is 384 g/mol. The Morgan fingerprint density at radius 3 is 2.72 bits per heavy atom. The molecule has 3 heterocycles. The maximum Gasteiger partial charge on any atom is 0.261 e. The second-order valence-corrected chi connectivity index (χ2v) is 7.76. The summed E-state index contributed by atoms with van der Waals surface area (Å²) in [5, 5.41) is 13.7. The number of carbonyl (C=O) groups excluding carboxylic acids is 1. The number of aromatic nitrogens is 4. The summed E-state index contributed by atoms with van der Waals surface area (Å²) in [6.07, 6.45) is 0. The van der Waals surface area contributed by atoms with Crippen LogP contribution < -0.4 is 10.6 Å². The Balaban J connectivity index is 1.56. The van der Waals surface area contributed by atoms with Crippen molar-refractivity contribution in [1.29, 1.82) is 0 Å². The molecule has 0 aliphatic rings. The minimum atomic E-state index is -0.0609. The molecule has 4 aromatic rings. The summed E-state index contributed by atoms with van der Waals surface area (Å²) in [6.45, 7) is 6.92. The number of carbonyl (C=O) groups is 1. The van der Waals surface area contributed by atoms with E-state index < -0.39 is 0 Å². The second kappa shape index (κ2) is 8.00. The average Bonchev–Trinajstić information content (AvgIpc) is 3.33. The fraction of sp³-hybridized carbons (Fsp3) is 0.238. The van der Waals surface area contributed by atoms with Crippen molar-refractivity contribution in [2.24, 2.45) is 0 Å². The van der Waals surface area contributed by atoms with E-state index in [0.717, 1.165) is 33.8 Å². The van der Waals surface area contributed by atoms with Gasteiger partial charge < -0.3 is 10.6 Å². The quantitative estimate of drug-likeness (QED) is 0.478. The number of hydrogen-bond donors (Lipinski definition) is 2. The summed E-state index contributed by atoms with van der Waals surface area (Å²) in [6, 6.07) is 11.8. The van der Waals surface area contributed by atoms with E-state index in [1.54, 1.807) is 0 Å². The first-order valence-electron chi connectivity index (χ1n) is 9.39. The van der Waals surface area contributed by atoms with Gasteiger partial charge in [-0.25, -0.2) is 14.6 Å². The van der Waals surface area contributed by atoms with Crippen LogP contribution in [0.3, 0.4) is 0 Å². The molecule has 3 aromatic heterocycles. The van der Waals surface area contributed by atoms with E-state index in [4.69, 9.17) is 5.10 Å². The Bertz CT molecular complexity index is 1170. The predicted molar refractivity (Wildman–Crippen MR) is 116 cm³/mol. The van der Waals surface area contributed by atoms with Crippen LogP contribution in [0.5, 0.6) is 0 Å². The third-order valence-corrected chi connectivity index (χ3v) is 5.38. The van der Waals surface area contributed by atoms with Gasteiger partial charge in [-0.05, 0) is 49.9 Å². The zero-order valence-corrected chi connectivity index (χ0v) is 17.4. The molecule has 0 saturated carbocycles. The largest absolute Gasteiger partial charge is 0.368 e. The summed E-state index contributed by atoms with van der Waals surface area (Å²) in [5.41, 5.74) is 3.75. The number of hydrogen-bond acceptors (Lipinski definition) is 6. The van der Waals surface area contributed by atoms with Crippen LogP contribution in [-0.2, 0) is 0 Å². The maximum absolute atomic E-state index is 12.1. The number of fused-ring (bicyclic) bond motifs is 1. The summed E-state index contributed by atoms with van der Waals surface area (Å²) >= 11 is 1.43. The molecule has 1 amide bonds. The highest BCUT2D eigenvalue weighted by Gasteiger charge is 2.16. The lowest BCUT2D eigenvalue weighted by Gasteiger charge is -2.09. The van der Waals surface area contributed by atoms with E-state index in [0.29, 0.717) is 23.8 Å². The molecule has 4 rings (SSSR count). The van der Waals surface area contributed by atoms with Gasteiger partial charge in [0.05, 0.1) is 21.6 Å². The number of amides is 1. The third-order valence-electron chi connectivity index (χ3n) is 4.51. The molecule has 2 N–H and O–H groups in total. The van der Waals surface area contributed by atoms with Crippen molar-refractivity contribution in [3.05, 3.63) is 63.7 Å². The molecule has 8 heteroatoms. The van der Waals surface area contributed by atoms with Crippen LogP contribution in [0.1, 0.15) is 26.8 Å². The Kier molecular flexibility index (Phi) is 5.26. The Morgan fingerprint density at radius 1 is 1.10 bits per heavy atom. The molecule has 0 atom stereocenters. The fourth-order valence-corrected chi connectivity index (χ4v) is 3.85. The lowest BCUT2D eigenvalue weighted by atomic mass is 10.2. The van der Waals surface area contributed by atoms with Crippen LogP contribution in [-0.4, -0.2) is 38.7 Å². The van der Waals surface area contributed by atoms with Crippen molar-refractivity contribution in [3.63, 3.8) is 0 Å². The Labute approximate surface area is 172 Å². The van der Waals surface area contributed by atoms with Crippen molar-refractivity contribution in [3.8, 4) is 5.69 Å². The molecule has 1 aromatic carbocycles. The summed E-state index contributed by atoms with van der Waals surface area (Å²) in [7, 11) is 0. The Hall–Kier alpha value is -3.26. The van der Waals surface area contributed by atoms with Crippen LogP contribution in [0, 0.1) is 20.8 Å². The van der Waals surface area contributed by atoms with Crippen molar-refractivity contribution in [2.75, 3.05) is 18.4 Å². The van der Waals surface area contributed by atoms with Crippen LogP contribution in [0.4, 0.5) is 5.82 Å². The molecule has 0 aliphatic heterocycles. The summed E-state index contributed by atoms with van der Waals surface area (Å²) in [5.74, 6) is 1.33. The number of thiophene rings is 1. The molecule has 7 nitrogen and oxygen atoms in total. The zero-order chi connectivity index (χ0) is 20.4. The van der Waals surface area contributed by atoms with Gasteiger partial charge >= 0.3 is 0 Å². The molecule has 0 fully saturated rings. The highest BCUT2D eigenvalue weighted by molar-refractivity contribution is 7.12. The minimum Gasteiger partial charge on any atom is -0.368 e. The molecule has 0 radical (unpaired) electrons. The highest BCUT2D eigenvalue weighted by atomic mass is 32.1. The van der Waals surface area contributed by atoms with Gasteiger partial charge in [-0.3, -0.25) is 4.79 Å². The van der Waals surface area contributed by atoms with E-state index in [-0.39, 0.29) is 5.91 Å². The lowest BCUT2D eigenvalue weighted by molar-refractivity contribution is 0.0959. The number of anilines is 1. The Morgan fingerprint density at radius 2 is 1.97 bits per heavy atom. The molecule has 0 aliphatic carbocycles. The number of aryl methyl sites for hydroxylation is 3. The van der Waals surface area contributed by atoms with Crippen LogP contribution in [0.15, 0.2) is 41.8 Å². The van der Waals surface area contributed by atoms with Gasteiger partial charge in [0.1, 0.15) is 11.6 Å². The van der Waals surface area contributed by atoms with Crippen LogP contribution >= 0.6 is 11.3 Å². The van der Waals surface area contributed by atoms with E-state index in [1.807, 2.05) is 48.2 Å². The molecule has 0 spiro atoms. The van der Waals surface area contributed by atoms with Crippen molar-refractivity contribution >= 4 is 34.1 Å². The fourth-order valence-electron chi connectivity index (χ4n) is 3.21. The van der Waals surface area contributed by atoms with Gasteiger partial charge in [0.2, 0.25) is 0 Å². The predicted octanol–water partition coefficient (Wildman–Crippen LogP) is 3.64. The number of nitrogens with one attached hydrogen (secondary N) is 2. The van der Waals surface area contributed by atoms with Gasteiger partial charge in [0.25, 0.3) is 5.91 Å². The number of benzene rings is 1. The molecule has 148 valence electrons. The van der Waals surface area contributed by atoms with E-state index in [1.165, 1.54) is 11.3 Å². The van der Waals surface area contributed by atoms with Gasteiger partial charge in [0.15, 0.2) is 5.65 Å². The van der Waals surface area contributed by atoms with E-state index in [2.05, 4.69) is 39.7 Å².